The Balaban J connectivity index is 1.76. The molecule has 1 amide bonds. The first-order valence-electron chi connectivity index (χ1n) is 8.83. The topological polar surface area (TPSA) is 99.8 Å². The summed E-state index contributed by atoms with van der Waals surface area (Å²) in [6.07, 6.45) is 0.890. The Bertz CT molecular complexity index is 658. The van der Waals surface area contributed by atoms with E-state index in [1.54, 1.807) is 0 Å². The molecular weight excluding hydrogens is 356 g/mol. The SMILES string of the molecule is COCCNS(=O)(=O)c1ccc(C(=O)NCCCN2CCNCC2)cc1. The van der Waals surface area contributed by atoms with Gasteiger partial charge in [-0.15, -0.1) is 0 Å². The minimum Gasteiger partial charge on any atom is -0.383 e. The number of methoxy groups -OCH3 is 1. The molecule has 0 unspecified atom stereocenters. The van der Waals surface area contributed by atoms with Crippen LogP contribution in [0.25, 0.3) is 0 Å². The van der Waals surface area contributed by atoms with Crippen LogP contribution in [-0.2, 0) is 14.8 Å². The number of piperazine rings is 1. The van der Waals surface area contributed by atoms with E-state index in [2.05, 4.69) is 20.3 Å². The maximum absolute atomic E-state index is 12.2. The van der Waals surface area contributed by atoms with Crippen LogP contribution in [0.2, 0.25) is 0 Å². The van der Waals surface area contributed by atoms with E-state index < -0.39 is 10.0 Å². The molecule has 2 rings (SSSR count). The number of nitrogens with one attached hydrogen (secondary N) is 3. The molecule has 0 aromatic heterocycles. The van der Waals surface area contributed by atoms with Crippen LogP contribution in [0.4, 0.5) is 0 Å². The zero-order valence-electron chi connectivity index (χ0n) is 15.2. The van der Waals surface area contributed by atoms with Gasteiger partial charge in [-0.25, -0.2) is 13.1 Å². The van der Waals surface area contributed by atoms with Crippen LogP contribution >= 0.6 is 0 Å². The van der Waals surface area contributed by atoms with Gasteiger partial charge in [-0.1, -0.05) is 0 Å². The zero-order chi connectivity index (χ0) is 18.8. The zero-order valence-corrected chi connectivity index (χ0v) is 16.0. The van der Waals surface area contributed by atoms with E-state index in [4.69, 9.17) is 4.74 Å². The summed E-state index contributed by atoms with van der Waals surface area (Å²) in [5.74, 6) is -0.193. The minimum absolute atomic E-state index is 0.129. The monoisotopic (exact) mass is 384 g/mol. The number of hydrogen-bond acceptors (Lipinski definition) is 6. The highest BCUT2D eigenvalue weighted by atomic mass is 32.2. The summed E-state index contributed by atoms with van der Waals surface area (Å²) in [6.45, 7) is 6.18. The number of hydrogen-bond donors (Lipinski definition) is 3. The van der Waals surface area contributed by atoms with Gasteiger partial charge >= 0.3 is 0 Å². The van der Waals surface area contributed by atoms with Crippen LogP contribution in [0.5, 0.6) is 0 Å². The van der Waals surface area contributed by atoms with Crippen molar-refractivity contribution >= 4 is 15.9 Å². The summed E-state index contributed by atoms with van der Waals surface area (Å²) in [6, 6.07) is 5.92. The summed E-state index contributed by atoms with van der Waals surface area (Å²) < 4.78 is 31.4. The van der Waals surface area contributed by atoms with Gasteiger partial charge in [0.1, 0.15) is 0 Å². The fourth-order valence-electron chi connectivity index (χ4n) is 2.69. The summed E-state index contributed by atoms with van der Waals surface area (Å²) in [4.78, 5) is 14.7. The standard InChI is InChI=1S/C17H28N4O4S/c1-25-14-10-20-26(23,24)16-5-3-15(4-6-16)17(22)19-7-2-11-21-12-8-18-9-13-21/h3-6,18,20H,2,7-14H2,1H3,(H,19,22). The highest BCUT2D eigenvalue weighted by Gasteiger charge is 2.14. The predicted molar refractivity (Wildman–Crippen MR) is 99.8 cm³/mol. The Morgan fingerprint density at radius 1 is 1.19 bits per heavy atom. The summed E-state index contributed by atoms with van der Waals surface area (Å²) in [5, 5.41) is 6.18. The van der Waals surface area contributed by atoms with Gasteiger partial charge in [0.2, 0.25) is 10.0 Å². The number of carbonyl (C=O) groups is 1. The first kappa shape index (κ1) is 20.8. The normalized spacial score (nSPS) is 15.7. The van der Waals surface area contributed by atoms with Crippen molar-refractivity contribution in [1.82, 2.24) is 20.3 Å². The highest BCUT2D eigenvalue weighted by molar-refractivity contribution is 7.89. The van der Waals surface area contributed by atoms with Crippen LogP contribution < -0.4 is 15.4 Å². The van der Waals surface area contributed by atoms with E-state index in [9.17, 15) is 13.2 Å². The third-order valence-corrected chi connectivity index (χ3v) is 5.65. The van der Waals surface area contributed by atoms with Gasteiger partial charge in [0.25, 0.3) is 5.91 Å². The second-order valence-electron chi connectivity index (χ2n) is 6.12. The van der Waals surface area contributed by atoms with E-state index in [1.165, 1.54) is 31.4 Å². The molecule has 0 aliphatic carbocycles. The van der Waals surface area contributed by atoms with Crippen molar-refractivity contribution < 1.29 is 17.9 Å². The predicted octanol–water partition coefficient (Wildman–Crippen LogP) is -0.364. The third-order valence-electron chi connectivity index (χ3n) is 4.17. The lowest BCUT2D eigenvalue weighted by atomic mass is 10.2. The summed E-state index contributed by atoms with van der Waals surface area (Å²) in [5.41, 5.74) is 0.447. The molecule has 1 fully saturated rings. The van der Waals surface area contributed by atoms with Crippen molar-refractivity contribution in [2.75, 3.05) is 59.5 Å². The molecule has 3 N–H and O–H groups in total. The molecule has 146 valence electrons. The Morgan fingerprint density at radius 2 is 1.88 bits per heavy atom. The van der Waals surface area contributed by atoms with Crippen molar-refractivity contribution in [2.45, 2.75) is 11.3 Å². The number of carbonyl (C=O) groups excluding carboxylic acids is 1. The van der Waals surface area contributed by atoms with Gasteiger partial charge in [0, 0.05) is 51.9 Å². The highest BCUT2D eigenvalue weighted by Crippen LogP contribution is 2.10. The molecule has 1 aliphatic rings. The minimum atomic E-state index is -3.58. The lowest BCUT2D eigenvalue weighted by molar-refractivity contribution is 0.0951. The molecule has 1 saturated heterocycles. The molecule has 0 radical (unpaired) electrons. The Hall–Kier alpha value is -1.52. The van der Waals surface area contributed by atoms with Gasteiger partial charge < -0.3 is 20.3 Å². The van der Waals surface area contributed by atoms with E-state index in [0.717, 1.165) is 39.1 Å². The van der Waals surface area contributed by atoms with Crippen molar-refractivity contribution in [3.8, 4) is 0 Å². The molecule has 0 spiro atoms. The quantitative estimate of drug-likeness (QED) is 0.476. The van der Waals surface area contributed by atoms with E-state index in [-0.39, 0.29) is 17.3 Å². The number of sulfonamides is 1. The second kappa shape index (κ2) is 10.6. The molecule has 0 bridgehead atoms. The molecule has 0 atom stereocenters. The molecule has 1 aliphatic heterocycles. The smallest absolute Gasteiger partial charge is 0.251 e. The van der Waals surface area contributed by atoms with Gasteiger partial charge in [-0.05, 0) is 37.2 Å². The van der Waals surface area contributed by atoms with Crippen LogP contribution in [0.1, 0.15) is 16.8 Å². The number of nitrogens with zero attached hydrogens (tertiary/aromatic N) is 1. The van der Waals surface area contributed by atoms with E-state index in [0.29, 0.717) is 18.7 Å². The summed E-state index contributed by atoms with van der Waals surface area (Å²) >= 11 is 0. The third kappa shape index (κ3) is 6.65. The van der Waals surface area contributed by atoms with Gasteiger partial charge in [-0.2, -0.15) is 0 Å². The molecule has 8 nitrogen and oxygen atoms in total. The lowest BCUT2D eigenvalue weighted by Gasteiger charge is -2.27. The number of benzene rings is 1. The largest absolute Gasteiger partial charge is 0.383 e. The average Bonchev–Trinajstić information content (AvgIpc) is 2.66. The maximum Gasteiger partial charge on any atom is 0.251 e. The van der Waals surface area contributed by atoms with Crippen molar-refractivity contribution in [3.63, 3.8) is 0 Å². The van der Waals surface area contributed by atoms with Crippen molar-refractivity contribution in [2.24, 2.45) is 0 Å². The van der Waals surface area contributed by atoms with Gasteiger partial charge in [0.05, 0.1) is 11.5 Å². The number of rotatable bonds is 10. The first-order valence-corrected chi connectivity index (χ1v) is 10.3. The summed E-state index contributed by atoms with van der Waals surface area (Å²) in [7, 11) is -2.08. The van der Waals surface area contributed by atoms with Crippen molar-refractivity contribution in [3.05, 3.63) is 29.8 Å². The Morgan fingerprint density at radius 3 is 2.54 bits per heavy atom. The second-order valence-corrected chi connectivity index (χ2v) is 7.88. The van der Waals surface area contributed by atoms with Gasteiger partial charge in [0.15, 0.2) is 0 Å². The van der Waals surface area contributed by atoms with E-state index >= 15 is 0 Å². The van der Waals surface area contributed by atoms with Crippen LogP contribution in [0.3, 0.4) is 0 Å². The van der Waals surface area contributed by atoms with Crippen LogP contribution in [0.15, 0.2) is 29.2 Å². The van der Waals surface area contributed by atoms with Crippen LogP contribution in [0, 0.1) is 0 Å². The molecule has 1 heterocycles. The fraction of sp³-hybridized carbons (Fsp3) is 0.588. The molecule has 1 aromatic rings. The molecule has 26 heavy (non-hydrogen) atoms. The Labute approximate surface area is 155 Å². The van der Waals surface area contributed by atoms with E-state index in [1.807, 2.05) is 0 Å². The molecule has 1 aromatic carbocycles. The number of amides is 1. The first-order chi connectivity index (χ1) is 12.5. The lowest BCUT2D eigenvalue weighted by Crippen LogP contribution is -2.44. The average molecular weight is 385 g/mol. The number of ether oxygens (including phenoxy) is 1. The molecular formula is C17H28N4O4S. The van der Waals surface area contributed by atoms with Gasteiger partial charge in [-0.3, -0.25) is 4.79 Å². The molecule has 9 heteroatoms. The van der Waals surface area contributed by atoms with Crippen molar-refractivity contribution in [1.29, 1.82) is 0 Å². The van der Waals surface area contributed by atoms with Crippen LogP contribution in [-0.4, -0.2) is 78.8 Å². The Kier molecular flexibility index (Phi) is 8.46. The fourth-order valence-corrected chi connectivity index (χ4v) is 3.70. The maximum atomic E-state index is 12.2. The molecule has 0 saturated carbocycles.